The molecule has 0 bridgehead atoms. The molecule has 0 radical (unpaired) electrons. The Morgan fingerprint density at radius 1 is 0.969 bits per heavy atom. The van der Waals surface area contributed by atoms with Crippen LogP contribution in [0.15, 0.2) is 83.5 Å². The molecule has 0 N–H and O–H groups in total. The molecule has 3 aromatic carbocycles. The summed E-state index contributed by atoms with van der Waals surface area (Å²) in [5.41, 5.74) is 5.49. The highest BCUT2D eigenvalue weighted by Gasteiger charge is 2.24. The largest absolute Gasteiger partial charge is 0.489 e. The van der Waals surface area contributed by atoms with Crippen LogP contribution in [0, 0.1) is 6.92 Å². The number of hydrogen-bond donors (Lipinski definition) is 0. The van der Waals surface area contributed by atoms with E-state index in [0.29, 0.717) is 12.5 Å². The Balaban J connectivity index is 1.51. The fourth-order valence-corrected chi connectivity index (χ4v) is 3.43. The lowest BCUT2D eigenvalue weighted by molar-refractivity contribution is -0.129. The third-order valence-electron chi connectivity index (χ3n) is 5.44. The maximum atomic E-state index is 12.4. The molecule has 1 aliphatic heterocycles. The van der Waals surface area contributed by atoms with E-state index in [1.807, 2.05) is 60.7 Å². The third kappa shape index (κ3) is 4.97. The predicted octanol–water partition coefficient (Wildman–Crippen LogP) is 6.22. The lowest BCUT2D eigenvalue weighted by Crippen LogP contribution is -2.11. The van der Waals surface area contributed by atoms with E-state index in [0.717, 1.165) is 22.4 Å². The minimum atomic E-state index is -0.453. The molecule has 1 aliphatic rings. The number of rotatable bonds is 5. The van der Waals surface area contributed by atoms with Gasteiger partial charge in [0.25, 0.3) is 0 Å². The molecular weight excluding hydrogens is 398 g/mol. The number of ether oxygens (including phenoxy) is 2. The van der Waals surface area contributed by atoms with Gasteiger partial charge in [-0.05, 0) is 64.9 Å². The third-order valence-corrected chi connectivity index (χ3v) is 5.44. The molecule has 3 aromatic rings. The second kappa shape index (κ2) is 8.83. The van der Waals surface area contributed by atoms with Gasteiger partial charge in [-0.1, -0.05) is 69.3 Å². The summed E-state index contributed by atoms with van der Waals surface area (Å²) in [6, 6.07) is 23.7. The van der Waals surface area contributed by atoms with Crippen molar-refractivity contribution >= 4 is 17.9 Å². The van der Waals surface area contributed by atoms with Crippen LogP contribution in [-0.2, 0) is 21.6 Å². The molecule has 0 spiro atoms. The maximum absolute atomic E-state index is 12.4. The molecule has 0 saturated heterocycles. The van der Waals surface area contributed by atoms with Gasteiger partial charge in [0.15, 0.2) is 5.70 Å². The highest BCUT2D eigenvalue weighted by atomic mass is 16.6. The van der Waals surface area contributed by atoms with Gasteiger partial charge in [-0.25, -0.2) is 9.79 Å². The van der Waals surface area contributed by atoms with E-state index < -0.39 is 5.97 Å². The van der Waals surface area contributed by atoms with Crippen LogP contribution in [0.5, 0.6) is 5.75 Å². The van der Waals surface area contributed by atoms with Crippen LogP contribution in [0.3, 0.4) is 0 Å². The molecule has 0 aromatic heterocycles. The molecule has 0 aliphatic carbocycles. The first-order chi connectivity index (χ1) is 15.3. The zero-order chi connectivity index (χ0) is 22.7. The number of nitrogens with zero attached hydrogens (tertiary/aromatic N) is 1. The van der Waals surface area contributed by atoms with E-state index in [4.69, 9.17) is 9.47 Å². The quantitative estimate of drug-likeness (QED) is 0.360. The van der Waals surface area contributed by atoms with Gasteiger partial charge in [0.1, 0.15) is 12.4 Å². The van der Waals surface area contributed by atoms with Gasteiger partial charge in [0.05, 0.1) is 0 Å². The lowest BCUT2D eigenvalue weighted by Gasteiger charge is -2.18. The number of carbonyl (C=O) groups excluding carboxylic acids is 1. The van der Waals surface area contributed by atoms with Crippen molar-refractivity contribution in [1.82, 2.24) is 0 Å². The fourth-order valence-electron chi connectivity index (χ4n) is 3.43. The number of carbonyl (C=O) groups is 1. The van der Waals surface area contributed by atoms with Crippen molar-refractivity contribution < 1.29 is 14.3 Å². The van der Waals surface area contributed by atoms with E-state index in [9.17, 15) is 4.79 Å². The van der Waals surface area contributed by atoms with Gasteiger partial charge >= 0.3 is 5.97 Å². The number of benzene rings is 3. The number of cyclic esters (lactones) is 1. The minimum Gasteiger partial charge on any atom is -0.489 e. The zero-order valence-corrected chi connectivity index (χ0v) is 18.9. The average Bonchev–Trinajstić information content (AvgIpc) is 3.13. The minimum absolute atomic E-state index is 0.0596. The predicted molar refractivity (Wildman–Crippen MR) is 128 cm³/mol. The van der Waals surface area contributed by atoms with Crippen molar-refractivity contribution in [2.45, 2.75) is 39.7 Å². The van der Waals surface area contributed by atoms with E-state index in [-0.39, 0.29) is 11.1 Å². The van der Waals surface area contributed by atoms with Gasteiger partial charge < -0.3 is 9.47 Å². The van der Waals surface area contributed by atoms with Crippen LogP contribution in [0.2, 0.25) is 0 Å². The van der Waals surface area contributed by atoms with Crippen LogP contribution in [0.1, 0.15) is 48.6 Å². The van der Waals surface area contributed by atoms with Crippen LogP contribution in [-0.4, -0.2) is 11.9 Å². The van der Waals surface area contributed by atoms with Gasteiger partial charge in [0, 0.05) is 5.56 Å². The molecule has 0 unspecified atom stereocenters. The fraction of sp³-hybridized carbons (Fsp3) is 0.214. The van der Waals surface area contributed by atoms with Gasteiger partial charge in [-0.2, -0.15) is 0 Å². The topological polar surface area (TPSA) is 47.9 Å². The van der Waals surface area contributed by atoms with Gasteiger partial charge in [-0.15, -0.1) is 0 Å². The van der Waals surface area contributed by atoms with Crippen LogP contribution in [0.25, 0.3) is 6.08 Å². The summed E-state index contributed by atoms with van der Waals surface area (Å²) >= 11 is 0. The second-order valence-electron chi connectivity index (χ2n) is 8.95. The standard InChI is InChI=1S/C28H27NO3/c1-19-8-5-6-10-22(19)18-31-24-11-7-9-20(16-24)17-25-27(30)32-26(29-25)21-12-14-23(15-13-21)28(2,3)4/h5-17H,18H2,1-4H3. The summed E-state index contributed by atoms with van der Waals surface area (Å²) in [4.78, 5) is 16.8. The summed E-state index contributed by atoms with van der Waals surface area (Å²) < 4.78 is 11.4. The first-order valence-corrected chi connectivity index (χ1v) is 10.7. The molecule has 0 saturated carbocycles. The second-order valence-corrected chi connectivity index (χ2v) is 8.95. The summed E-state index contributed by atoms with van der Waals surface area (Å²) in [5.74, 6) is 0.607. The Morgan fingerprint density at radius 3 is 2.44 bits per heavy atom. The molecule has 162 valence electrons. The first kappa shape index (κ1) is 21.6. The Hall–Kier alpha value is -3.66. The number of aryl methyl sites for hydroxylation is 1. The molecular formula is C28H27NO3. The monoisotopic (exact) mass is 425 g/mol. The molecule has 0 fully saturated rings. The summed E-state index contributed by atoms with van der Waals surface area (Å²) in [6.07, 6.45) is 1.72. The Bertz CT molecular complexity index is 1200. The Morgan fingerprint density at radius 2 is 1.72 bits per heavy atom. The SMILES string of the molecule is Cc1ccccc1COc1cccc(C=C2N=C(c3ccc(C(C)(C)C)cc3)OC2=O)c1. The van der Waals surface area contributed by atoms with Crippen molar-refractivity contribution in [1.29, 1.82) is 0 Å². The van der Waals surface area contributed by atoms with Crippen molar-refractivity contribution in [2.75, 3.05) is 0 Å². The van der Waals surface area contributed by atoms with E-state index in [1.54, 1.807) is 6.08 Å². The van der Waals surface area contributed by atoms with E-state index in [1.165, 1.54) is 11.1 Å². The maximum Gasteiger partial charge on any atom is 0.363 e. The Kier molecular flexibility index (Phi) is 5.95. The summed E-state index contributed by atoms with van der Waals surface area (Å²) in [5, 5.41) is 0. The lowest BCUT2D eigenvalue weighted by atomic mass is 9.87. The number of hydrogen-bond acceptors (Lipinski definition) is 4. The highest BCUT2D eigenvalue weighted by molar-refractivity contribution is 6.12. The number of esters is 1. The Labute approximate surface area is 189 Å². The van der Waals surface area contributed by atoms with Crippen LogP contribution in [0.4, 0.5) is 0 Å². The van der Waals surface area contributed by atoms with Gasteiger partial charge in [-0.3, -0.25) is 0 Å². The molecule has 32 heavy (non-hydrogen) atoms. The number of aliphatic imine (C=N–C) groups is 1. The normalized spacial score (nSPS) is 14.9. The molecule has 0 atom stereocenters. The molecule has 4 rings (SSSR count). The van der Waals surface area contributed by atoms with E-state index >= 15 is 0 Å². The average molecular weight is 426 g/mol. The van der Waals surface area contributed by atoms with Crippen molar-refractivity contribution in [2.24, 2.45) is 4.99 Å². The summed E-state index contributed by atoms with van der Waals surface area (Å²) in [7, 11) is 0. The van der Waals surface area contributed by atoms with Crippen LogP contribution < -0.4 is 4.74 Å². The van der Waals surface area contributed by atoms with Crippen molar-refractivity contribution in [3.63, 3.8) is 0 Å². The van der Waals surface area contributed by atoms with Crippen LogP contribution >= 0.6 is 0 Å². The van der Waals surface area contributed by atoms with Crippen molar-refractivity contribution in [3.05, 3.63) is 106 Å². The zero-order valence-electron chi connectivity index (χ0n) is 18.9. The first-order valence-electron chi connectivity index (χ1n) is 10.7. The molecule has 1 heterocycles. The smallest absolute Gasteiger partial charge is 0.363 e. The summed E-state index contributed by atoms with van der Waals surface area (Å²) in [6.45, 7) is 9.04. The van der Waals surface area contributed by atoms with Crippen molar-refractivity contribution in [3.8, 4) is 5.75 Å². The molecule has 4 heteroatoms. The van der Waals surface area contributed by atoms with E-state index in [2.05, 4.69) is 44.8 Å². The highest BCUT2D eigenvalue weighted by Crippen LogP contribution is 2.25. The molecule has 4 nitrogen and oxygen atoms in total. The van der Waals surface area contributed by atoms with Gasteiger partial charge in [0.2, 0.25) is 5.90 Å². The molecule has 0 amide bonds.